The van der Waals surface area contributed by atoms with Crippen molar-refractivity contribution in [1.29, 1.82) is 0 Å². The van der Waals surface area contributed by atoms with Gasteiger partial charge in [0, 0.05) is 31.2 Å². The maximum absolute atomic E-state index is 8.52. The van der Waals surface area contributed by atoms with E-state index in [1.807, 2.05) is 0 Å². The number of hydrogen-bond donors (Lipinski definition) is 0. The molecule has 0 heterocycles. The maximum Gasteiger partial charge on any atom is 3.00 e. The van der Waals surface area contributed by atoms with Crippen LogP contribution >= 0.6 is 0 Å². The molecule has 0 rings (SSSR count). The van der Waals surface area contributed by atoms with Crippen LogP contribution in [0.4, 0.5) is 0 Å². The minimum Gasteiger partial charge on any atom is -0.759 e. The molecule has 0 saturated carbocycles. The van der Waals surface area contributed by atoms with Crippen molar-refractivity contribution in [3.63, 3.8) is 0 Å². The first-order valence-corrected chi connectivity index (χ1v) is 6.00. The van der Waals surface area contributed by atoms with Crippen LogP contribution in [0.5, 0.6) is 0 Å². The first-order valence-electron chi connectivity index (χ1n) is 2.00. The Balaban J connectivity index is -0.0000000400. The smallest absolute Gasteiger partial charge is 0.759 e. The normalized spacial score (nSPS) is 10.2. The van der Waals surface area contributed by atoms with Crippen LogP contribution < -0.4 is 0 Å². The van der Waals surface area contributed by atoms with Gasteiger partial charge < -0.3 is 27.3 Å². The molecule has 0 unspecified atom stereocenters. The van der Waals surface area contributed by atoms with Crippen LogP contribution in [-0.4, -0.2) is 52.6 Å². The molecule has 107 valence electrons. The van der Waals surface area contributed by atoms with Crippen molar-refractivity contribution in [2.75, 3.05) is 0 Å². The topological polar surface area (TPSA) is 241 Å². The summed E-state index contributed by atoms with van der Waals surface area (Å²) in [5.41, 5.74) is 0. The second-order valence-electron chi connectivity index (χ2n) is 1.22. The molecule has 0 atom stereocenters. The van der Waals surface area contributed by atoms with Gasteiger partial charge in [-0.05, 0) is 0 Å². The van der Waals surface area contributed by atoms with Gasteiger partial charge in [-0.15, -0.1) is 0 Å². The second kappa shape index (κ2) is 13.2. The van der Waals surface area contributed by atoms with E-state index in [0.29, 0.717) is 0 Å². The predicted octanol–water partition coefficient (Wildman–Crippen LogP) is -4.01. The average Bonchev–Trinajstić information content (AvgIpc) is 1.41. The van der Waals surface area contributed by atoms with E-state index in [9.17, 15) is 0 Å². The molecule has 0 spiro atoms. The molecule has 0 fully saturated rings. The molecule has 17 heteroatoms. The molecule has 0 aromatic rings. The fraction of sp³-hybridized carbons (Fsp3) is 0. The van der Waals surface area contributed by atoms with E-state index in [1.54, 1.807) is 0 Å². The summed E-state index contributed by atoms with van der Waals surface area (Å²) in [6, 6.07) is 0. The Morgan fingerprint density at radius 2 is 0.471 bits per heavy atom. The first-order chi connectivity index (χ1) is 6.00. The Bertz CT molecular complexity index is 343. The maximum atomic E-state index is 8.52. The van der Waals surface area contributed by atoms with E-state index in [-0.39, 0.29) is 78.6 Å². The van der Waals surface area contributed by atoms with Crippen LogP contribution in [0.25, 0.3) is 0 Å². The molecule has 0 aliphatic rings. The van der Waals surface area contributed by atoms with E-state index in [2.05, 4.69) is 0 Å². The summed E-state index contributed by atoms with van der Waals surface area (Å²) < 4.78 is 102. The standard InChI is InChI=1S/Gd.3H2O4S.Tb/c;3*1-5(2,3)4;/h;3*(H2,1,2,3,4);/q+3;;;;+3/p-6. The van der Waals surface area contributed by atoms with Crippen LogP contribution in [0.15, 0.2) is 0 Å². The van der Waals surface area contributed by atoms with Gasteiger partial charge in [-0.2, -0.15) is 0 Å². The minimum atomic E-state index is -5.17. The number of hydrogen-bond acceptors (Lipinski definition) is 12. The van der Waals surface area contributed by atoms with Crippen molar-refractivity contribution in [2.45, 2.75) is 0 Å². The molecule has 0 aliphatic carbocycles. The molecular formula is GdO12S3Tb. The van der Waals surface area contributed by atoms with Gasteiger partial charge in [-0.1, -0.05) is 0 Å². The van der Waals surface area contributed by atoms with Crippen molar-refractivity contribution >= 4 is 31.2 Å². The Morgan fingerprint density at radius 3 is 0.471 bits per heavy atom. The zero-order chi connectivity index (χ0) is 13.5. The van der Waals surface area contributed by atoms with Crippen molar-refractivity contribution in [1.82, 2.24) is 0 Å². The predicted molar refractivity (Wildman–Crippen MR) is 31.4 cm³/mol. The van der Waals surface area contributed by atoms with Gasteiger partial charge in [0.05, 0.1) is 0 Å². The second-order valence-corrected chi connectivity index (χ2v) is 3.67. The fourth-order valence-electron chi connectivity index (χ4n) is 0. The van der Waals surface area contributed by atoms with Gasteiger partial charge in [0.25, 0.3) is 0 Å². The van der Waals surface area contributed by atoms with Gasteiger partial charge in [0.15, 0.2) is 0 Å². The third-order valence-electron chi connectivity index (χ3n) is 0. The first kappa shape index (κ1) is 31.6. The van der Waals surface area contributed by atoms with Crippen molar-refractivity contribution < 1.29 is 131 Å². The van der Waals surface area contributed by atoms with E-state index >= 15 is 0 Å². The van der Waals surface area contributed by atoms with E-state index in [4.69, 9.17) is 52.6 Å². The monoisotopic (exact) mass is 605 g/mol. The summed E-state index contributed by atoms with van der Waals surface area (Å²) in [6.07, 6.45) is 0. The summed E-state index contributed by atoms with van der Waals surface area (Å²) in [5, 5.41) is 0. The van der Waals surface area contributed by atoms with Crippen LogP contribution in [0.2, 0.25) is 0 Å². The molecular weight excluding hydrogens is 604 g/mol. The third kappa shape index (κ3) is 972. The minimum absolute atomic E-state index is 0. The molecule has 12 nitrogen and oxygen atoms in total. The quantitative estimate of drug-likeness (QED) is 0.190. The Labute approximate surface area is 159 Å². The largest absolute Gasteiger partial charge is 3.00 e. The van der Waals surface area contributed by atoms with Gasteiger partial charge in [-0.25, -0.2) is 0 Å². The van der Waals surface area contributed by atoms with Crippen molar-refractivity contribution in [3.8, 4) is 0 Å². The molecule has 0 bridgehead atoms. The SMILES string of the molecule is O=S(=O)([O-])[O-].O=S(=O)([O-])[O-].O=S(=O)([O-])[O-].[Gd+3].[Tb+3]. The fourth-order valence-corrected chi connectivity index (χ4v) is 0. The van der Waals surface area contributed by atoms with Crippen LogP contribution in [0, 0.1) is 78.6 Å². The Hall–Kier alpha value is 2.22. The zero-order valence-electron chi connectivity index (χ0n) is 6.81. The van der Waals surface area contributed by atoms with Crippen molar-refractivity contribution in [2.24, 2.45) is 0 Å². The molecule has 0 aromatic heterocycles. The molecule has 0 aliphatic heterocycles. The molecule has 1 radical (unpaired) electrons. The zero-order valence-corrected chi connectivity index (χ0v) is 13.7. The van der Waals surface area contributed by atoms with Crippen LogP contribution in [0.1, 0.15) is 0 Å². The summed E-state index contributed by atoms with van der Waals surface area (Å²) in [5.74, 6) is 0. The molecule has 0 amide bonds. The summed E-state index contributed by atoms with van der Waals surface area (Å²) in [6.45, 7) is 0. The summed E-state index contributed by atoms with van der Waals surface area (Å²) in [4.78, 5) is 0. The Kier molecular flexibility index (Phi) is 24.5. The third-order valence-corrected chi connectivity index (χ3v) is 0. The van der Waals surface area contributed by atoms with Gasteiger partial charge >= 0.3 is 78.6 Å². The molecule has 0 N–H and O–H groups in total. The Morgan fingerprint density at radius 1 is 0.471 bits per heavy atom. The van der Waals surface area contributed by atoms with Gasteiger partial charge in [0.2, 0.25) is 0 Å². The van der Waals surface area contributed by atoms with Crippen LogP contribution in [0.3, 0.4) is 0 Å². The summed E-state index contributed by atoms with van der Waals surface area (Å²) >= 11 is 0. The van der Waals surface area contributed by atoms with Gasteiger partial charge in [0.1, 0.15) is 0 Å². The van der Waals surface area contributed by atoms with E-state index < -0.39 is 31.2 Å². The molecule has 0 aromatic carbocycles. The number of rotatable bonds is 0. The molecule has 17 heavy (non-hydrogen) atoms. The molecule has 0 saturated heterocycles. The van der Waals surface area contributed by atoms with Crippen molar-refractivity contribution in [3.05, 3.63) is 0 Å². The van der Waals surface area contributed by atoms with E-state index in [1.165, 1.54) is 0 Å². The van der Waals surface area contributed by atoms with E-state index in [0.717, 1.165) is 0 Å². The average molecular weight is 604 g/mol. The van der Waals surface area contributed by atoms with Gasteiger partial charge in [-0.3, -0.25) is 25.3 Å². The van der Waals surface area contributed by atoms with Crippen LogP contribution in [-0.2, 0) is 31.2 Å². The summed E-state index contributed by atoms with van der Waals surface area (Å²) in [7, 11) is -15.5.